The zero-order valence-corrected chi connectivity index (χ0v) is 34.2. The van der Waals surface area contributed by atoms with Gasteiger partial charge in [0.1, 0.15) is 49.0 Å². The number of hydrogen-bond donors (Lipinski definition) is 0. The highest BCUT2D eigenvalue weighted by Crippen LogP contribution is 2.66. The van der Waals surface area contributed by atoms with Crippen molar-refractivity contribution in [3.63, 3.8) is 0 Å². The minimum atomic E-state index is -3.57. The van der Waals surface area contributed by atoms with Gasteiger partial charge in [0.2, 0.25) is 0 Å². The Kier molecular flexibility index (Phi) is 11.1. The molecule has 3 unspecified atom stereocenters. The minimum Gasteiger partial charge on any atom is -0.496 e. The molecule has 0 bridgehead atoms. The predicted octanol–water partition coefficient (Wildman–Crippen LogP) is 10.8. The summed E-state index contributed by atoms with van der Waals surface area (Å²) >= 11 is 0. The summed E-state index contributed by atoms with van der Waals surface area (Å²) in [6, 6.07) is 57.8. The average Bonchev–Trinajstić information content (AvgIpc) is 3.30. The third-order valence-electron chi connectivity index (χ3n) is 11.6. The molecule has 300 valence electrons. The molecular formula is C51H45N2O6P. The second kappa shape index (κ2) is 17.0. The molecule has 0 spiro atoms. The van der Waals surface area contributed by atoms with E-state index in [1.54, 1.807) is 7.11 Å². The van der Waals surface area contributed by atoms with Crippen molar-refractivity contribution in [3.8, 4) is 45.3 Å². The van der Waals surface area contributed by atoms with E-state index in [1.807, 2.05) is 91.7 Å². The van der Waals surface area contributed by atoms with Gasteiger partial charge in [0, 0.05) is 41.4 Å². The fourth-order valence-electron chi connectivity index (χ4n) is 8.95. The van der Waals surface area contributed by atoms with Gasteiger partial charge in [-0.15, -0.1) is 0 Å². The van der Waals surface area contributed by atoms with Crippen LogP contribution in [0.5, 0.6) is 23.0 Å². The van der Waals surface area contributed by atoms with Gasteiger partial charge in [-0.25, -0.2) is 4.90 Å². The Bertz CT molecular complexity index is 2700. The molecule has 0 saturated carbocycles. The standard InChI is InChI=1S/C50H43N2O5P.CH2O/c1-54-45-24-9-4-19-39(45)38-18-3-2-17-37(38)30-44-42-22-6-10-25-46(42)55-33-51(44)31-35-15-14-16-36(29-35)32-52-34-56-47-26-11-7-23-43(47)50(52)58(53)49-28-13-8-21-41(49)40-20-5-12-27-48(40)57-58;1-2/h2-29,44,50H,30-34H2,1H3;1H2. The van der Waals surface area contributed by atoms with Crippen molar-refractivity contribution in [3.05, 3.63) is 198 Å². The van der Waals surface area contributed by atoms with E-state index in [-0.39, 0.29) is 12.8 Å². The number of hydrogen-bond acceptors (Lipinski definition) is 8. The van der Waals surface area contributed by atoms with E-state index in [2.05, 4.69) is 94.7 Å². The number of rotatable bonds is 9. The Morgan fingerprint density at radius 3 is 1.88 bits per heavy atom. The molecule has 3 heterocycles. The van der Waals surface area contributed by atoms with Crippen molar-refractivity contribution in [2.45, 2.75) is 31.3 Å². The van der Waals surface area contributed by atoms with E-state index in [1.165, 1.54) is 11.1 Å². The van der Waals surface area contributed by atoms with Crippen LogP contribution < -0.4 is 24.0 Å². The van der Waals surface area contributed by atoms with E-state index in [4.69, 9.17) is 23.5 Å². The maximum atomic E-state index is 15.8. The van der Waals surface area contributed by atoms with Crippen LogP contribution in [0.25, 0.3) is 22.3 Å². The molecule has 0 amide bonds. The van der Waals surface area contributed by atoms with Gasteiger partial charge in [-0.2, -0.15) is 0 Å². The summed E-state index contributed by atoms with van der Waals surface area (Å²) in [5, 5.41) is 0.734. The average molecular weight is 813 g/mol. The number of benzene rings is 7. The fraction of sp³-hybridized carbons (Fsp3) is 0.157. The molecular weight excluding hydrogens is 768 g/mol. The predicted molar refractivity (Wildman–Crippen MR) is 236 cm³/mol. The first kappa shape index (κ1) is 39.0. The highest BCUT2D eigenvalue weighted by molar-refractivity contribution is 7.68. The largest absolute Gasteiger partial charge is 0.496 e. The SMILES string of the molecule is C=O.COc1ccccc1-c1ccccc1CC1c2ccccc2OCN1Cc1cccc(CN2COc3ccccc3C2P2(=O)Oc3ccccc3-c3ccccc32)c1. The molecule has 7 aromatic carbocycles. The number of carbonyl (C=O) groups is 1. The van der Waals surface area contributed by atoms with Crippen molar-refractivity contribution in [1.29, 1.82) is 0 Å². The van der Waals surface area contributed by atoms with Gasteiger partial charge in [-0.3, -0.25) is 9.46 Å². The van der Waals surface area contributed by atoms with Gasteiger partial charge in [0.15, 0.2) is 0 Å². The summed E-state index contributed by atoms with van der Waals surface area (Å²) in [5.74, 6) is 2.59. The van der Waals surface area contributed by atoms with Gasteiger partial charge < -0.3 is 23.5 Å². The molecule has 0 radical (unpaired) electrons. The quantitative estimate of drug-likeness (QED) is 0.133. The topological polar surface area (TPSA) is 77.5 Å². The smallest absolute Gasteiger partial charge is 0.299 e. The Morgan fingerprint density at radius 1 is 0.583 bits per heavy atom. The lowest BCUT2D eigenvalue weighted by molar-refractivity contribution is -0.0980. The molecule has 9 heteroatoms. The number of ether oxygens (including phenoxy) is 3. The summed E-state index contributed by atoms with van der Waals surface area (Å²) in [6.07, 6.45) is 0.792. The molecule has 7 aromatic rings. The van der Waals surface area contributed by atoms with Gasteiger partial charge in [-0.05, 0) is 64.6 Å². The fourth-order valence-corrected chi connectivity index (χ4v) is 11.8. The van der Waals surface area contributed by atoms with Crippen LogP contribution in [-0.2, 0) is 28.9 Å². The van der Waals surface area contributed by atoms with Crippen LogP contribution in [0, 0.1) is 0 Å². The van der Waals surface area contributed by atoms with Crippen molar-refractivity contribution in [1.82, 2.24) is 9.80 Å². The molecule has 3 aliphatic heterocycles. The maximum Gasteiger partial charge on any atom is 0.299 e. The summed E-state index contributed by atoms with van der Waals surface area (Å²) in [6.45, 7) is 3.92. The summed E-state index contributed by atoms with van der Waals surface area (Å²) in [5.41, 5.74) is 9.69. The normalized spacial score (nSPS) is 19.0. The summed E-state index contributed by atoms with van der Waals surface area (Å²) < 4.78 is 41.0. The van der Waals surface area contributed by atoms with Crippen LogP contribution in [0.1, 0.15) is 39.6 Å². The molecule has 8 nitrogen and oxygen atoms in total. The number of fused-ring (bicyclic) bond motifs is 5. The Balaban J connectivity index is 0.00000228. The Labute approximate surface area is 351 Å². The van der Waals surface area contributed by atoms with Crippen molar-refractivity contribution < 1.29 is 28.1 Å². The van der Waals surface area contributed by atoms with Gasteiger partial charge in [0.25, 0.3) is 7.37 Å². The lowest BCUT2D eigenvalue weighted by atomic mass is 9.90. The highest BCUT2D eigenvalue weighted by Gasteiger charge is 2.49. The maximum absolute atomic E-state index is 15.8. The molecule has 3 atom stereocenters. The van der Waals surface area contributed by atoms with Crippen molar-refractivity contribution in [2.75, 3.05) is 20.6 Å². The van der Waals surface area contributed by atoms with Gasteiger partial charge >= 0.3 is 0 Å². The first-order chi connectivity index (χ1) is 29.6. The molecule has 0 fully saturated rings. The van der Waals surface area contributed by atoms with E-state index >= 15 is 4.57 Å². The highest BCUT2D eigenvalue weighted by atomic mass is 31.2. The Hall–Kier alpha value is -6.44. The van der Waals surface area contributed by atoms with Gasteiger partial charge in [-0.1, -0.05) is 140 Å². The first-order valence-corrected chi connectivity index (χ1v) is 21.7. The Morgan fingerprint density at radius 2 is 1.13 bits per heavy atom. The van der Waals surface area contributed by atoms with Crippen LogP contribution in [0.4, 0.5) is 0 Å². The lowest BCUT2D eigenvalue weighted by Gasteiger charge is -2.42. The van der Waals surface area contributed by atoms with E-state index in [9.17, 15) is 0 Å². The van der Waals surface area contributed by atoms with Crippen LogP contribution in [0.2, 0.25) is 0 Å². The monoisotopic (exact) mass is 812 g/mol. The van der Waals surface area contributed by atoms with E-state index in [0.717, 1.165) is 67.9 Å². The second-order valence-electron chi connectivity index (χ2n) is 15.1. The van der Waals surface area contributed by atoms with Crippen LogP contribution in [0.15, 0.2) is 170 Å². The van der Waals surface area contributed by atoms with E-state index in [0.29, 0.717) is 25.6 Å². The molecule has 10 rings (SSSR count). The molecule has 3 aliphatic rings. The number of carbonyl (C=O) groups excluding carboxylic acids is 1. The third kappa shape index (κ3) is 7.28. The first-order valence-electron chi connectivity index (χ1n) is 20.1. The third-order valence-corrected chi connectivity index (χ3v) is 14.4. The van der Waals surface area contributed by atoms with Crippen molar-refractivity contribution in [2.24, 2.45) is 0 Å². The number of nitrogens with zero attached hydrogens (tertiary/aromatic N) is 2. The zero-order valence-electron chi connectivity index (χ0n) is 33.4. The molecule has 0 aromatic heterocycles. The summed E-state index contributed by atoms with van der Waals surface area (Å²) in [4.78, 5) is 12.6. The second-order valence-corrected chi connectivity index (χ2v) is 17.4. The molecule has 0 saturated heterocycles. The molecule has 60 heavy (non-hydrogen) atoms. The van der Waals surface area contributed by atoms with Crippen LogP contribution in [0.3, 0.4) is 0 Å². The van der Waals surface area contributed by atoms with E-state index < -0.39 is 13.2 Å². The van der Waals surface area contributed by atoms with Gasteiger partial charge in [0.05, 0.1) is 12.4 Å². The van der Waals surface area contributed by atoms with Crippen molar-refractivity contribution >= 4 is 19.5 Å². The lowest BCUT2D eigenvalue weighted by Crippen LogP contribution is -2.39. The zero-order chi connectivity index (χ0) is 41.1. The van der Waals surface area contributed by atoms with Crippen LogP contribution in [-0.4, -0.2) is 37.2 Å². The molecule has 0 aliphatic carbocycles. The number of para-hydroxylation sites is 4. The molecule has 0 N–H and O–H groups in total. The van der Waals surface area contributed by atoms with Crippen LogP contribution >= 0.6 is 7.37 Å². The summed E-state index contributed by atoms with van der Waals surface area (Å²) in [7, 11) is -1.84. The minimum absolute atomic E-state index is 0.0670. The number of methoxy groups -OCH3 is 1.